The van der Waals surface area contributed by atoms with Crippen LogP contribution in [0.25, 0.3) is 11.1 Å². The van der Waals surface area contributed by atoms with Crippen molar-refractivity contribution in [2.45, 2.75) is 6.42 Å². The van der Waals surface area contributed by atoms with Crippen molar-refractivity contribution in [3.63, 3.8) is 0 Å². The first-order chi connectivity index (χ1) is 10.6. The molecule has 0 bridgehead atoms. The minimum absolute atomic E-state index is 0. The zero-order valence-electron chi connectivity index (χ0n) is 12.5. The van der Waals surface area contributed by atoms with E-state index in [1.54, 1.807) is 25.4 Å². The van der Waals surface area contributed by atoms with E-state index in [-0.39, 0.29) is 24.1 Å². The molecule has 0 aliphatic heterocycles. The molecule has 23 heavy (non-hydrogen) atoms. The fourth-order valence-corrected chi connectivity index (χ4v) is 2.25. The Labute approximate surface area is 138 Å². The van der Waals surface area contributed by atoms with Crippen LogP contribution in [0.4, 0.5) is 0 Å². The van der Waals surface area contributed by atoms with E-state index < -0.39 is 0 Å². The molecular formula is C16H16ClN3O3. The molecule has 3 aromatic rings. The minimum atomic E-state index is -0.378. The van der Waals surface area contributed by atoms with Crippen LogP contribution in [0.2, 0.25) is 0 Å². The second kappa shape index (κ2) is 7.11. The number of aryl methyl sites for hydroxylation is 1. The second-order valence-electron chi connectivity index (χ2n) is 4.98. The van der Waals surface area contributed by atoms with Gasteiger partial charge in [-0.2, -0.15) is 0 Å². The average Bonchev–Trinajstić information content (AvgIpc) is 2.82. The number of benzene rings is 1. The molecule has 7 heteroatoms. The quantitative estimate of drug-likeness (QED) is 0.791. The highest BCUT2D eigenvalue weighted by Crippen LogP contribution is 2.14. The van der Waals surface area contributed by atoms with Gasteiger partial charge in [-0.05, 0) is 36.2 Å². The van der Waals surface area contributed by atoms with Crippen LogP contribution in [0.15, 0.2) is 51.9 Å². The third kappa shape index (κ3) is 3.60. The van der Waals surface area contributed by atoms with Crippen LogP contribution in [0.1, 0.15) is 15.9 Å². The number of nitrogens with zero attached hydrogens (tertiary/aromatic N) is 2. The smallest absolute Gasteiger partial charge is 0.408 e. The van der Waals surface area contributed by atoms with Crippen LogP contribution in [0.5, 0.6) is 0 Å². The third-order valence-corrected chi connectivity index (χ3v) is 3.48. The predicted molar refractivity (Wildman–Crippen MR) is 89.0 cm³/mol. The van der Waals surface area contributed by atoms with Crippen molar-refractivity contribution in [1.82, 2.24) is 14.9 Å². The molecule has 1 aromatic carbocycles. The monoisotopic (exact) mass is 333 g/mol. The standard InChI is InChI=1S/C16H15N3O3.ClH/c1-19-13-5-4-11(9-14(13)22-16(19)21)6-8-18-15(20)12-3-2-7-17-10-12;/h2-5,7,9-10H,6,8H2,1H3,(H,18,20);1H. The van der Waals surface area contributed by atoms with Crippen molar-refractivity contribution in [2.75, 3.05) is 6.54 Å². The summed E-state index contributed by atoms with van der Waals surface area (Å²) >= 11 is 0. The van der Waals surface area contributed by atoms with Crippen molar-refractivity contribution in [3.05, 3.63) is 64.4 Å². The molecule has 2 aromatic heterocycles. The number of carbonyl (C=O) groups excluding carboxylic acids is 1. The van der Waals surface area contributed by atoms with Gasteiger partial charge in [0.05, 0.1) is 11.1 Å². The number of halogens is 1. The summed E-state index contributed by atoms with van der Waals surface area (Å²) in [5.74, 6) is -0.530. The second-order valence-corrected chi connectivity index (χ2v) is 4.98. The molecule has 0 aliphatic rings. The molecular weight excluding hydrogens is 318 g/mol. The first-order valence-electron chi connectivity index (χ1n) is 6.92. The molecule has 120 valence electrons. The van der Waals surface area contributed by atoms with E-state index in [2.05, 4.69) is 10.3 Å². The number of hydrogen-bond acceptors (Lipinski definition) is 4. The van der Waals surface area contributed by atoms with Gasteiger partial charge in [0, 0.05) is 26.0 Å². The van der Waals surface area contributed by atoms with E-state index in [9.17, 15) is 9.59 Å². The topological polar surface area (TPSA) is 77.1 Å². The Morgan fingerprint density at radius 3 is 2.91 bits per heavy atom. The molecule has 6 nitrogen and oxygen atoms in total. The van der Waals surface area contributed by atoms with Crippen molar-refractivity contribution in [1.29, 1.82) is 0 Å². The molecule has 0 unspecified atom stereocenters. The van der Waals surface area contributed by atoms with E-state index in [1.807, 2.05) is 18.2 Å². The molecule has 0 radical (unpaired) electrons. The Bertz CT molecular complexity index is 871. The number of pyridine rings is 1. The van der Waals surface area contributed by atoms with Crippen molar-refractivity contribution < 1.29 is 9.21 Å². The van der Waals surface area contributed by atoms with E-state index in [1.165, 1.54) is 10.8 Å². The largest absolute Gasteiger partial charge is 0.419 e. The number of oxazole rings is 1. The number of nitrogens with one attached hydrogen (secondary N) is 1. The van der Waals surface area contributed by atoms with Gasteiger partial charge in [0.1, 0.15) is 0 Å². The Balaban J connectivity index is 0.00000192. The number of aromatic nitrogens is 2. The van der Waals surface area contributed by atoms with Gasteiger partial charge in [0.15, 0.2) is 5.58 Å². The molecule has 0 spiro atoms. The molecule has 3 rings (SSSR count). The van der Waals surface area contributed by atoms with Gasteiger partial charge < -0.3 is 9.73 Å². The predicted octanol–water partition coefficient (Wildman–Crippen LogP) is 1.92. The van der Waals surface area contributed by atoms with Crippen LogP contribution in [0, 0.1) is 0 Å². The summed E-state index contributed by atoms with van der Waals surface area (Å²) in [5.41, 5.74) is 2.84. The molecule has 0 aliphatic carbocycles. The Morgan fingerprint density at radius 2 is 2.17 bits per heavy atom. The number of fused-ring (bicyclic) bond motifs is 1. The van der Waals surface area contributed by atoms with E-state index in [0.717, 1.165) is 11.1 Å². The lowest BCUT2D eigenvalue weighted by atomic mass is 10.1. The first-order valence-corrected chi connectivity index (χ1v) is 6.92. The summed E-state index contributed by atoms with van der Waals surface area (Å²) in [7, 11) is 1.67. The molecule has 0 atom stereocenters. The summed E-state index contributed by atoms with van der Waals surface area (Å²) in [6.07, 6.45) is 3.81. The number of rotatable bonds is 4. The third-order valence-electron chi connectivity index (χ3n) is 3.48. The highest BCUT2D eigenvalue weighted by molar-refractivity contribution is 5.93. The van der Waals surface area contributed by atoms with Gasteiger partial charge in [-0.25, -0.2) is 4.79 Å². The number of amides is 1. The van der Waals surface area contributed by atoms with Crippen molar-refractivity contribution in [2.24, 2.45) is 7.05 Å². The van der Waals surface area contributed by atoms with Crippen LogP contribution in [-0.2, 0) is 13.5 Å². The maximum atomic E-state index is 11.9. The van der Waals surface area contributed by atoms with E-state index >= 15 is 0 Å². The van der Waals surface area contributed by atoms with Gasteiger partial charge in [-0.3, -0.25) is 14.3 Å². The lowest BCUT2D eigenvalue weighted by Crippen LogP contribution is -2.25. The van der Waals surface area contributed by atoms with Crippen LogP contribution < -0.4 is 11.1 Å². The van der Waals surface area contributed by atoms with Crippen LogP contribution >= 0.6 is 12.4 Å². The van der Waals surface area contributed by atoms with Crippen molar-refractivity contribution in [3.8, 4) is 0 Å². The summed E-state index contributed by atoms with van der Waals surface area (Å²) < 4.78 is 6.61. The SMILES string of the molecule is Cl.Cn1c(=O)oc2cc(CCNC(=O)c3cccnc3)ccc21. The fraction of sp³-hybridized carbons (Fsp3) is 0.188. The molecule has 2 heterocycles. The maximum absolute atomic E-state index is 11.9. The normalized spacial score (nSPS) is 10.3. The maximum Gasteiger partial charge on any atom is 0.419 e. The minimum Gasteiger partial charge on any atom is -0.408 e. The summed E-state index contributed by atoms with van der Waals surface area (Å²) in [5, 5.41) is 2.84. The van der Waals surface area contributed by atoms with E-state index in [0.29, 0.717) is 24.1 Å². The molecule has 1 amide bonds. The Hall–Kier alpha value is -2.60. The molecule has 1 N–H and O–H groups in total. The number of hydrogen-bond donors (Lipinski definition) is 1. The molecule has 0 saturated carbocycles. The molecule has 0 fully saturated rings. The zero-order chi connectivity index (χ0) is 15.5. The summed E-state index contributed by atoms with van der Waals surface area (Å²) in [4.78, 5) is 27.2. The average molecular weight is 334 g/mol. The van der Waals surface area contributed by atoms with Gasteiger partial charge in [-0.15, -0.1) is 12.4 Å². The lowest BCUT2D eigenvalue weighted by molar-refractivity contribution is 0.0954. The Morgan fingerprint density at radius 1 is 1.35 bits per heavy atom. The highest BCUT2D eigenvalue weighted by atomic mass is 35.5. The summed E-state index contributed by atoms with van der Waals surface area (Å²) in [6.45, 7) is 0.496. The number of carbonyl (C=O) groups is 1. The van der Waals surface area contributed by atoms with Crippen LogP contribution in [0.3, 0.4) is 0 Å². The molecule has 0 saturated heterocycles. The lowest BCUT2D eigenvalue weighted by Gasteiger charge is -2.05. The van der Waals surface area contributed by atoms with E-state index in [4.69, 9.17) is 4.42 Å². The summed E-state index contributed by atoms with van der Waals surface area (Å²) in [6, 6.07) is 9.03. The fourth-order valence-electron chi connectivity index (χ4n) is 2.25. The first kappa shape index (κ1) is 16.8. The van der Waals surface area contributed by atoms with Crippen LogP contribution in [-0.4, -0.2) is 22.0 Å². The van der Waals surface area contributed by atoms with Gasteiger partial charge in [0.25, 0.3) is 5.91 Å². The highest BCUT2D eigenvalue weighted by Gasteiger charge is 2.07. The van der Waals surface area contributed by atoms with Gasteiger partial charge in [0.2, 0.25) is 0 Å². The van der Waals surface area contributed by atoms with Gasteiger partial charge in [-0.1, -0.05) is 6.07 Å². The Kier molecular flexibility index (Phi) is 5.18. The van der Waals surface area contributed by atoms with Crippen molar-refractivity contribution >= 4 is 29.4 Å². The zero-order valence-corrected chi connectivity index (χ0v) is 13.3. The van der Waals surface area contributed by atoms with Gasteiger partial charge >= 0.3 is 5.76 Å².